The number of anilines is 1. The highest BCUT2D eigenvalue weighted by molar-refractivity contribution is 7.90. The number of rotatable bonds is 17. The lowest BCUT2D eigenvalue weighted by atomic mass is 9.96. The fourth-order valence-electron chi connectivity index (χ4n) is 5.60. The number of carbonyl (C=O) groups excluding carboxylic acids is 3. The number of amides is 3. The van der Waals surface area contributed by atoms with E-state index in [0.717, 1.165) is 37.7 Å². The van der Waals surface area contributed by atoms with Crippen LogP contribution in [-0.2, 0) is 22.4 Å². The number of hydrogen-bond acceptors (Lipinski definition) is 6. The van der Waals surface area contributed by atoms with Crippen LogP contribution < -0.4 is 14.8 Å². The van der Waals surface area contributed by atoms with E-state index in [-0.39, 0.29) is 23.1 Å². The molecule has 1 N–H and O–H groups in total. The number of benzene rings is 2. The molecule has 0 spiro atoms. The molecule has 1 aliphatic heterocycles. The van der Waals surface area contributed by atoms with Crippen molar-refractivity contribution in [3.8, 4) is 11.5 Å². The number of ether oxygens (including phenoxy) is 2. The summed E-state index contributed by atoms with van der Waals surface area (Å²) in [5.74, 6) is 0.00686. The highest BCUT2D eigenvalue weighted by Gasteiger charge is 2.45. The van der Waals surface area contributed by atoms with Crippen LogP contribution in [-0.4, -0.2) is 52.9 Å². The van der Waals surface area contributed by atoms with E-state index in [1.165, 1.54) is 30.6 Å². The molecule has 3 amide bonds. The van der Waals surface area contributed by atoms with Gasteiger partial charge in [0.2, 0.25) is 5.91 Å². The molecule has 1 aliphatic carbocycles. The van der Waals surface area contributed by atoms with Crippen molar-refractivity contribution in [1.82, 2.24) is 4.90 Å². The number of unbranched alkanes of at least 4 members (excludes halogenated alkanes) is 6. The third kappa shape index (κ3) is 7.48. The van der Waals surface area contributed by atoms with Gasteiger partial charge in [-0.05, 0) is 61.9 Å². The maximum absolute atomic E-state index is 14.2. The van der Waals surface area contributed by atoms with E-state index in [1.54, 1.807) is 37.6 Å². The van der Waals surface area contributed by atoms with Crippen LogP contribution in [0.15, 0.2) is 30.3 Å². The normalized spacial score (nSPS) is 15.9. The molecule has 1 fully saturated rings. The smallest absolute Gasteiger partial charge is 0.264 e. The molecule has 2 aromatic carbocycles. The number of methoxy groups -OCH3 is 1. The molecule has 228 valence electrons. The highest BCUT2D eigenvalue weighted by Crippen LogP contribution is 2.41. The summed E-state index contributed by atoms with van der Waals surface area (Å²) in [5.41, 5.74) is 2.39. The molecule has 2 aliphatic rings. The summed E-state index contributed by atoms with van der Waals surface area (Å²) in [4.78, 5) is 42.3. The van der Waals surface area contributed by atoms with Gasteiger partial charge in [-0.15, -0.1) is 0 Å². The minimum Gasteiger partial charge on any atom is -0.616 e. The summed E-state index contributed by atoms with van der Waals surface area (Å²) in [6.45, 7) is 4.47. The molecule has 0 aromatic heterocycles. The van der Waals surface area contributed by atoms with E-state index in [1.807, 2.05) is 13.0 Å². The van der Waals surface area contributed by atoms with Crippen molar-refractivity contribution in [3.05, 3.63) is 52.6 Å². The van der Waals surface area contributed by atoms with Crippen LogP contribution in [0.1, 0.15) is 110 Å². The maximum Gasteiger partial charge on any atom is 0.264 e. The number of fused-ring (bicyclic) bond motifs is 1. The van der Waals surface area contributed by atoms with Crippen molar-refractivity contribution in [1.29, 1.82) is 0 Å². The maximum atomic E-state index is 14.2. The lowest BCUT2D eigenvalue weighted by molar-refractivity contribution is -0.117. The second kappa shape index (κ2) is 14.9. The molecule has 0 radical (unpaired) electrons. The predicted molar refractivity (Wildman–Crippen MR) is 166 cm³/mol. The van der Waals surface area contributed by atoms with Gasteiger partial charge in [0.15, 0.2) is 11.5 Å². The van der Waals surface area contributed by atoms with Gasteiger partial charge in [0.1, 0.15) is 11.8 Å². The lowest BCUT2D eigenvalue weighted by Crippen LogP contribution is -2.38. The molecule has 1 saturated carbocycles. The zero-order valence-corrected chi connectivity index (χ0v) is 26.1. The van der Waals surface area contributed by atoms with E-state index in [4.69, 9.17) is 9.47 Å². The monoisotopic (exact) mass is 596 g/mol. The average Bonchev–Trinajstić information content (AvgIpc) is 3.78. The molecule has 0 bridgehead atoms. The Bertz CT molecular complexity index is 1280. The molecule has 2 aromatic rings. The molecular weight excluding hydrogens is 552 g/mol. The number of nitrogens with one attached hydrogen (secondary N) is 1. The largest absolute Gasteiger partial charge is 0.616 e. The molecule has 42 heavy (non-hydrogen) atoms. The summed E-state index contributed by atoms with van der Waals surface area (Å²) < 4.78 is 23.8. The van der Waals surface area contributed by atoms with Crippen molar-refractivity contribution >= 4 is 34.6 Å². The minimum atomic E-state index is -1.32. The van der Waals surface area contributed by atoms with Crippen molar-refractivity contribution in [2.24, 2.45) is 5.92 Å². The molecule has 8 nitrogen and oxygen atoms in total. The minimum absolute atomic E-state index is 0.0529. The van der Waals surface area contributed by atoms with Gasteiger partial charge in [-0.25, -0.2) is 0 Å². The number of aryl methyl sites for hydroxylation is 1. The van der Waals surface area contributed by atoms with Crippen LogP contribution in [0.25, 0.3) is 0 Å². The number of carbonyl (C=O) groups is 3. The standard InChI is InChI=1S/C33H44N2O6S/c1-5-7-8-9-10-11-12-13-22-16-18-25(34-31(36)23-14-15-23)30-29(22)32(37)35(33(30)38)26(21-42(4)39)24-17-19-27(40-3)28(20-24)41-6-2/h16-20,23,26H,5-15,21H2,1-4H3,(H,34,36). The van der Waals surface area contributed by atoms with Crippen LogP contribution in [0.3, 0.4) is 0 Å². The summed E-state index contributed by atoms with van der Waals surface area (Å²) >= 11 is -1.32. The van der Waals surface area contributed by atoms with Gasteiger partial charge in [0.05, 0.1) is 36.8 Å². The summed E-state index contributed by atoms with van der Waals surface area (Å²) in [6, 6.07) is 8.11. The fourth-order valence-corrected chi connectivity index (χ4v) is 6.39. The number of imide groups is 1. The van der Waals surface area contributed by atoms with E-state index >= 15 is 0 Å². The first kappa shape index (κ1) is 31.9. The first-order valence-electron chi connectivity index (χ1n) is 15.3. The molecule has 1 heterocycles. The van der Waals surface area contributed by atoms with Gasteiger partial charge >= 0.3 is 0 Å². The quantitative estimate of drug-likeness (QED) is 0.128. The molecule has 4 rings (SSSR count). The van der Waals surface area contributed by atoms with Crippen LogP contribution in [0.2, 0.25) is 0 Å². The van der Waals surface area contributed by atoms with Gasteiger partial charge in [-0.1, -0.05) is 68.8 Å². The van der Waals surface area contributed by atoms with Crippen molar-refractivity contribution in [2.45, 2.75) is 84.1 Å². The van der Waals surface area contributed by atoms with Gasteiger partial charge in [0, 0.05) is 5.92 Å². The van der Waals surface area contributed by atoms with Gasteiger partial charge in [-0.3, -0.25) is 19.3 Å². The van der Waals surface area contributed by atoms with Crippen LogP contribution in [0.5, 0.6) is 11.5 Å². The highest BCUT2D eigenvalue weighted by atomic mass is 32.2. The summed E-state index contributed by atoms with van der Waals surface area (Å²) in [7, 11) is 1.55. The van der Waals surface area contributed by atoms with E-state index in [0.29, 0.717) is 41.3 Å². The molecule has 0 saturated heterocycles. The van der Waals surface area contributed by atoms with Crippen molar-refractivity contribution in [3.63, 3.8) is 0 Å². The zero-order valence-electron chi connectivity index (χ0n) is 25.3. The Kier molecular flexibility index (Phi) is 11.3. The number of hydrogen-bond donors (Lipinski definition) is 1. The zero-order chi connectivity index (χ0) is 30.2. The molecule has 2 unspecified atom stereocenters. The van der Waals surface area contributed by atoms with Gasteiger partial charge < -0.3 is 19.3 Å². The third-order valence-corrected chi connectivity index (χ3v) is 8.77. The molecule has 2 atom stereocenters. The lowest BCUT2D eigenvalue weighted by Gasteiger charge is -2.27. The fraction of sp³-hybridized carbons (Fsp3) is 0.545. The molecule has 9 heteroatoms. The van der Waals surface area contributed by atoms with Crippen molar-refractivity contribution < 1.29 is 28.4 Å². The van der Waals surface area contributed by atoms with Crippen LogP contribution in [0.4, 0.5) is 5.69 Å². The topological polar surface area (TPSA) is 108 Å². The Balaban J connectivity index is 1.68. The van der Waals surface area contributed by atoms with Crippen molar-refractivity contribution in [2.75, 3.05) is 31.0 Å². The van der Waals surface area contributed by atoms with E-state index < -0.39 is 29.0 Å². The third-order valence-electron chi connectivity index (χ3n) is 7.99. The van der Waals surface area contributed by atoms with E-state index in [2.05, 4.69) is 12.2 Å². The SMILES string of the molecule is CCCCCCCCCc1ccc(NC(=O)C2CC2)c2c1C(=O)N(C(C[S+](C)[O-])c1ccc(OC)c(OCC)c1)C2=O. The predicted octanol–water partition coefficient (Wildman–Crippen LogP) is 6.45. The Hall–Kier alpha value is -3.04. The Labute approximate surface area is 252 Å². The summed E-state index contributed by atoms with van der Waals surface area (Å²) in [6.07, 6.45) is 11.9. The van der Waals surface area contributed by atoms with Crippen LogP contribution >= 0.6 is 0 Å². The Morgan fingerprint density at radius 2 is 1.69 bits per heavy atom. The van der Waals surface area contributed by atoms with Gasteiger partial charge in [0.25, 0.3) is 11.8 Å². The number of nitrogens with zero attached hydrogens (tertiary/aromatic N) is 1. The van der Waals surface area contributed by atoms with Crippen LogP contribution in [0, 0.1) is 5.92 Å². The second-order valence-electron chi connectivity index (χ2n) is 11.2. The Morgan fingerprint density at radius 3 is 2.33 bits per heavy atom. The Morgan fingerprint density at radius 1 is 1.00 bits per heavy atom. The first-order valence-corrected chi connectivity index (χ1v) is 17.0. The average molecular weight is 597 g/mol. The second-order valence-corrected chi connectivity index (χ2v) is 12.7. The first-order chi connectivity index (χ1) is 20.3. The summed E-state index contributed by atoms with van der Waals surface area (Å²) in [5, 5.41) is 2.92. The van der Waals surface area contributed by atoms with Gasteiger partial charge in [-0.2, -0.15) is 0 Å². The van der Waals surface area contributed by atoms with E-state index in [9.17, 15) is 18.9 Å². The molecular formula is C33H44N2O6S.